The number of aromatic nitrogens is 4. The van der Waals surface area contributed by atoms with Crippen LogP contribution in [0.15, 0.2) is 53.8 Å². The molecule has 1 N–H and O–H groups in total. The standard InChI is InChI=1S/C20H18ClN5O2/c1-12(2)19-17-7-13(21)3-6-16(17)20(28)26(24-19)10-18(27)23-14-4-5-15-8-22-11-25(15)9-14/h3-9,11-12H,10H2,1-2H3,(H,23,27). The van der Waals surface area contributed by atoms with Crippen LogP contribution in [0.1, 0.15) is 25.5 Å². The molecule has 3 heterocycles. The van der Waals surface area contributed by atoms with Gasteiger partial charge in [0.15, 0.2) is 0 Å². The van der Waals surface area contributed by atoms with E-state index in [1.807, 2.05) is 19.9 Å². The highest BCUT2D eigenvalue weighted by atomic mass is 35.5. The summed E-state index contributed by atoms with van der Waals surface area (Å²) in [5.74, 6) is -0.267. The predicted octanol–water partition coefficient (Wildman–Crippen LogP) is 3.46. The molecular formula is C20H18ClN5O2. The van der Waals surface area contributed by atoms with Gasteiger partial charge in [-0.25, -0.2) is 9.67 Å². The summed E-state index contributed by atoms with van der Waals surface area (Å²) in [5, 5.41) is 8.99. The molecule has 0 atom stereocenters. The molecule has 0 fully saturated rings. The van der Waals surface area contributed by atoms with Crippen LogP contribution in [0.3, 0.4) is 0 Å². The number of imidazole rings is 1. The first kappa shape index (κ1) is 18.2. The summed E-state index contributed by atoms with van der Waals surface area (Å²) in [6, 6.07) is 8.72. The van der Waals surface area contributed by atoms with Gasteiger partial charge in [0.2, 0.25) is 5.91 Å². The SMILES string of the molecule is CC(C)c1nn(CC(=O)Nc2ccc3cncn3c2)c(=O)c2ccc(Cl)cc12. The zero-order valence-corrected chi connectivity index (χ0v) is 16.1. The Balaban J connectivity index is 1.66. The van der Waals surface area contributed by atoms with Crippen molar-refractivity contribution in [2.75, 3.05) is 5.32 Å². The van der Waals surface area contributed by atoms with E-state index in [1.165, 1.54) is 4.68 Å². The van der Waals surface area contributed by atoms with Crippen molar-refractivity contribution >= 4 is 39.5 Å². The minimum Gasteiger partial charge on any atom is -0.323 e. The van der Waals surface area contributed by atoms with E-state index in [9.17, 15) is 9.59 Å². The molecule has 28 heavy (non-hydrogen) atoms. The number of hydrogen-bond acceptors (Lipinski definition) is 4. The maximum absolute atomic E-state index is 12.8. The molecule has 0 unspecified atom stereocenters. The van der Waals surface area contributed by atoms with E-state index in [0.29, 0.717) is 16.1 Å². The number of nitrogens with zero attached hydrogens (tertiary/aromatic N) is 4. The van der Waals surface area contributed by atoms with Gasteiger partial charge in [0.05, 0.1) is 34.8 Å². The molecule has 1 aromatic carbocycles. The average Bonchev–Trinajstić information content (AvgIpc) is 3.11. The maximum Gasteiger partial charge on any atom is 0.275 e. The third-order valence-electron chi connectivity index (χ3n) is 4.48. The lowest BCUT2D eigenvalue weighted by Gasteiger charge is -2.13. The summed E-state index contributed by atoms with van der Waals surface area (Å²) in [5.41, 5.74) is 1.94. The molecule has 0 aliphatic carbocycles. The molecule has 3 aromatic heterocycles. The van der Waals surface area contributed by atoms with Crippen LogP contribution in [0.5, 0.6) is 0 Å². The normalized spacial score (nSPS) is 11.4. The number of rotatable bonds is 4. The van der Waals surface area contributed by atoms with E-state index < -0.39 is 0 Å². The van der Waals surface area contributed by atoms with Gasteiger partial charge in [-0.15, -0.1) is 0 Å². The van der Waals surface area contributed by atoms with Crippen molar-refractivity contribution in [1.82, 2.24) is 19.2 Å². The van der Waals surface area contributed by atoms with Crippen LogP contribution in [0, 0.1) is 0 Å². The predicted molar refractivity (Wildman–Crippen MR) is 109 cm³/mol. The topological polar surface area (TPSA) is 81.3 Å². The molecular weight excluding hydrogens is 378 g/mol. The van der Waals surface area contributed by atoms with E-state index in [4.69, 9.17) is 11.6 Å². The largest absolute Gasteiger partial charge is 0.323 e. The highest BCUT2D eigenvalue weighted by molar-refractivity contribution is 6.31. The summed E-state index contributed by atoms with van der Waals surface area (Å²) >= 11 is 6.09. The Morgan fingerprint density at radius 3 is 2.82 bits per heavy atom. The second-order valence-electron chi connectivity index (χ2n) is 6.88. The van der Waals surface area contributed by atoms with Gasteiger partial charge in [0, 0.05) is 16.6 Å². The quantitative estimate of drug-likeness (QED) is 0.573. The lowest BCUT2D eigenvalue weighted by molar-refractivity contribution is -0.117. The molecule has 4 aromatic rings. The number of amides is 1. The smallest absolute Gasteiger partial charge is 0.275 e. The number of carbonyl (C=O) groups excluding carboxylic acids is 1. The summed E-state index contributed by atoms with van der Waals surface area (Å²) < 4.78 is 3.01. The van der Waals surface area contributed by atoms with Crippen molar-refractivity contribution in [3.8, 4) is 0 Å². The first-order valence-electron chi connectivity index (χ1n) is 8.84. The molecule has 1 amide bonds. The first-order valence-corrected chi connectivity index (χ1v) is 9.22. The summed E-state index contributed by atoms with van der Waals surface area (Å²) in [6.07, 6.45) is 5.14. The average molecular weight is 396 g/mol. The highest BCUT2D eigenvalue weighted by Crippen LogP contribution is 2.24. The zero-order chi connectivity index (χ0) is 19.8. The van der Waals surface area contributed by atoms with Gasteiger partial charge in [0.1, 0.15) is 6.54 Å². The van der Waals surface area contributed by atoms with Crippen LogP contribution in [0.25, 0.3) is 16.3 Å². The first-order chi connectivity index (χ1) is 13.4. The molecule has 0 radical (unpaired) electrons. The molecule has 0 saturated carbocycles. The fourth-order valence-corrected chi connectivity index (χ4v) is 3.32. The van der Waals surface area contributed by atoms with E-state index in [-0.39, 0.29) is 23.9 Å². The Labute approximate surface area is 165 Å². The van der Waals surface area contributed by atoms with Crippen molar-refractivity contribution in [3.63, 3.8) is 0 Å². The number of carbonyl (C=O) groups is 1. The Morgan fingerprint density at radius 2 is 2.04 bits per heavy atom. The number of pyridine rings is 1. The van der Waals surface area contributed by atoms with Gasteiger partial charge in [0.25, 0.3) is 5.56 Å². The van der Waals surface area contributed by atoms with E-state index in [1.54, 1.807) is 47.4 Å². The summed E-state index contributed by atoms with van der Waals surface area (Å²) in [7, 11) is 0. The minimum absolute atomic E-state index is 0.0690. The molecule has 0 saturated heterocycles. The molecule has 8 heteroatoms. The van der Waals surface area contributed by atoms with Crippen LogP contribution < -0.4 is 10.9 Å². The van der Waals surface area contributed by atoms with E-state index in [2.05, 4.69) is 15.4 Å². The molecule has 0 aliphatic heterocycles. The number of fused-ring (bicyclic) bond motifs is 2. The number of hydrogen-bond donors (Lipinski definition) is 1. The number of halogens is 1. The number of anilines is 1. The van der Waals surface area contributed by atoms with Gasteiger partial charge in [-0.05, 0) is 36.2 Å². The minimum atomic E-state index is -0.336. The molecule has 0 spiro atoms. The van der Waals surface area contributed by atoms with Crippen LogP contribution in [0.4, 0.5) is 5.69 Å². The van der Waals surface area contributed by atoms with Crippen molar-refractivity contribution in [2.45, 2.75) is 26.3 Å². The van der Waals surface area contributed by atoms with Gasteiger partial charge < -0.3 is 9.72 Å². The Kier molecular flexibility index (Phi) is 4.60. The van der Waals surface area contributed by atoms with Crippen LogP contribution in [-0.4, -0.2) is 25.1 Å². The second kappa shape index (κ2) is 7.09. The van der Waals surface area contributed by atoms with Gasteiger partial charge >= 0.3 is 0 Å². The lowest BCUT2D eigenvalue weighted by atomic mass is 10.0. The third-order valence-corrected chi connectivity index (χ3v) is 4.72. The molecule has 4 rings (SSSR count). The Bertz CT molecular complexity index is 1260. The monoisotopic (exact) mass is 395 g/mol. The fraction of sp³-hybridized carbons (Fsp3) is 0.200. The summed E-state index contributed by atoms with van der Waals surface area (Å²) in [4.78, 5) is 29.4. The van der Waals surface area contributed by atoms with Gasteiger partial charge in [-0.3, -0.25) is 9.59 Å². The van der Waals surface area contributed by atoms with Crippen molar-refractivity contribution in [1.29, 1.82) is 0 Å². The second-order valence-corrected chi connectivity index (χ2v) is 7.32. The lowest BCUT2D eigenvalue weighted by Crippen LogP contribution is -2.31. The number of nitrogens with one attached hydrogen (secondary N) is 1. The van der Waals surface area contributed by atoms with E-state index >= 15 is 0 Å². The van der Waals surface area contributed by atoms with Crippen LogP contribution in [-0.2, 0) is 11.3 Å². The Hall–Kier alpha value is -3.19. The number of benzene rings is 1. The third kappa shape index (κ3) is 3.36. The van der Waals surface area contributed by atoms with Gasteiger partial charge in [-0.2, -0.15) is 5.10 Å². The Morgan fingerprint density at radius 1 is 1.21 bits per heavy atom. The molecule has 7 nitrogen and oxygen atoms in total. The van der Waals surface area contributed by atoms with E-state index in [0.717, 1.165) is 16.6 Å². The molecule has 0 aliphatic rings. The fourth-order valence-electron chi connectivity index (χ4n) is 3.15. The van der Waals surface area contributed by atoms with Crippen LogP contribution >= 0.6 is 11.6 Å². The zero-order valence-electron chi connectivity index (χ0n) is 15.4. The van der Waals surface area contributed by atoms with Gasteiger partial charge in [-0.1, -0.05) is 25.4 Å². The maximum atomic E-state index is 12.8. The van der Waals surface area contributed by atoms with Crippen molar-refractivity contribution < 1.29 is 4.79 Å². The van der Waals surface area contributed by atoms with Crippen LogP contribution in [0.2, 0.25) is 5.02 Å². The molecule has 0 bridgehead atoms. The molecule has 142 valence electrons. The van der Waals surface area contributed by atoms with Crippen molar-refractivity contribution in [2.24, 2.45) is 0 Å². The summed E-state index contributed by atoms with van der Waals surface area (Å²) in [6.45, 7) is 3.79. The van der Waals surface area contributed by atoms with Crippen molar-refractivity contribution in [3.05, 3.63) is 70.1 Å². The highest BCUT2D eigenvalue weighted by Gasteiger charge is 2.15.